The van der Waals surface area contributed by atoms with Crippen LogP contribution in [-0.4, -0.2) is 32.6 Å². The standard InChI is InChI=1S/C9H13F3N4O.2ClH/c1-5-3-13-4-6-14-15-7(16(5)6)8(2,17)9(10,11)12;;/h5,13,17H,3-4H2,1-2H3;2*1H. The molecule has 1 aromatic heterocycles. The molecule has 19 heavy (non-hydrogen) atoms. The molecule has 10 heteroatoms. The van der Waals surface area contributed by atoms with Gasteiger partial charge in [0.05, 0.1) is 6.54 Å². The minimum absolute atomic E-state index is 0. The zero-order valence-electron chi connectivity index (χ0n) is 10.2. The Bertz CT molecular complexity index is 436. The summed E-state index contributed by atoms with van der Waals surface area (Å²) in [7, 11) is 0. The molecule has 2 heterocycles. The van der Waals surface area contributed by atoms with Crippen molar-refractivity contribution in [1.82, 2.24) is 20.1 Å². The van der Waals surface area contributed by atoms with Gasteiger partial charge in [-0.05, 0) is 13.8 Å². The first-order valence-electron chi connectivity index (χ1n) is 5.19. The molecule has 0 radical (unpaired) electrons. The molecular weight excluding hydrogens is 308 g/mol. The van der Waals surface area contributed by atoms with Crippen LogP contribution in [0.25, 0.3) is 0 Å². The molecule has 2 N–H and O–H groups in total. The van der Waals surface area contributed by atoms with Gasteiger partial charge >= 0.3 is 6.18 Å². The SMILES string of the molecule is CC1CNCc2nnc(C(C)(O)C(F)(F)F)n21.Cl.Cl. The molecule has 0 aromatic carbocycles. The van der Waals surface area contributed by atoms with E-state index < -0.39 is 17.6 Å². The average molecular weight is 323 g/mol. The van der Waals surface area contributed by atoms with E-state index in [1.54, 1.807) is 6.92 Å². The molecule has 2 rings (SSSR count). The molecule has 0 amide bonds. The Labute approximate surface area is 120 Å². The molecule has 2 atom stereocenters. The van der Waals surface area contributed by atoms with Crippen molar-refractivity contribution < 1.29 is 18.3 Å². The first-order valence-corrected chi connectivity index (χ1v) is 5.19. The molecule has 0 spiro atoms. The zero-order chi connectivity index (χ0) is 12.8. The largest absolute Gasteiger partial charge is 0.424 e. The Morgan fingerprint density at radius 3 is 2.42 bits per heavy atom. The highest BCUT2D eigenvalue weighted by Crippen LogP contribution is 2.38. The highest BCUT2D eigenvalue weighted by molar-refractivity contribution is 5.85. The van der Waals surface area contributed by atoms with Gasteiger partial charge in [-0.2, -0.15) is 13.2 Å². The van der Waals surface area contributed by atoms with Crippen molar-refractivity contribution in [3.63, 3.8) is 0 Å². The van der Waals surface area contributed by atoms with Crippen molar-refractivity contribution in [3.8, 4) is 0 Å². The van der Waals surface area contributed by atoms with Crippen LogP contribution in [0, 0.1) is 0 Å². The number of nitrogens with zero attached hydrogens (tertiary/aromatic N) is 3. The summed E-state index contributed by atoms with van der Waals surface area (Å²) < 4.78 is 39.6. The van der Waals surface area contributed by atoms with Crippen molar-refractivity contribution in [2.75, 3.05) is 6.54 Å². The van der Waals surface area contributed by atoms with Crippen LogP contribution >= 0.6 is 24.8 Å². The second-order valence-electron chi connectivity index (χ2n) is 4.36. The summed E-state index contributed by atoms with van der Waals surface area (Å²) in [4.78, 5) is 0. The lowest BCUT2D eigenvalue weighted by atomic mass is 10.0. The summed E-state index contributed by atoms with van der Waals surface area (Å²) >= 11 is 0. The van der Waals surface area contributed by atoms with Crippen LogP contribution in [0.15, 0.2) is 0 Å². The van der Waals surface area contributed by atoms with E-state index in [-0.39, 0.29) is 30.9 Å². The molecule has 1 aliphatic rings. The van der Waals surface area contributed by atoms with E-state index >= 15 is 0 Å². The van der Waals surface area contributed by atoms with Gasteiger partial charge in [0, 0.05) is 12.6 Å². The number of nitrogens with one attached hydrogen (secondary N) is 1. The normalized spacial score (nSPS) is 21.7. The van der Waals surface area contributed by atoms with Crippen LogP contribution in [0.5, 0.6) is 0 Å². The summed E-state index contributed by atoms with van der Waals surface area (Å²) in [6, 6.07) is -0.224. The number of alkyl halides is 3. The minimum Gasteiger partial charge on any atom is -0.374 e. The minimum atomic E-state index is -4.78. The number of fused-ring (bicyclic) bond motifs is 1. The summed E-state index contributed by atoms with van der Waals surface area (Å²) in [6.07, 6.45) is -4.78. The number of hydrogen-bond acceptors (Lipinski definition) is 4. The number of rotatable bonds is 1. The van der Waals surface area contributed by atoms with E-state index in [9.17, 15) is 18.3 Å². The summed E-state index contributed by atoms with van der Waals surface area (Å²) in [5.41, 5.74) is -2.98. The topological polar surface area (TPSA) is 63.0 Å². The Hall–Kier alpha value is -0.570. The third-order valence-corrected chi connectivity index (χ3v) is 2.92. The molecule has 1 aliphatic heterocycles. The molecule has 0 saturated heterocycles. The number of aliphatic hydroxyl groups is 1. The summed E-state index contributed by atoms with van der Waals surface area (Å²) in [5.74, 6) is -0.0442. The molecular formula is C9H15Cl2F3N4O. The third-order valence-electron chi connectivity index (χ3n) is 2.92. The van der Waals surface area contributed by atoms with Crippen molar-refractivity contribution >= 4 is 24.8 Å². The molecule has 112 valence electrons. The second kappa shape index (κ2) is 5.82. The summed E-state index contributed by atoms with van der Waals surface area (Å²) in [5, 5.41) is 19.8. The molecule has 0 bridgehead atoms. The van der Waals surface area contributed by atoms with Crippen LogP contribution in [0.1, 0.15) is 31.5 Å². The van der Waals surface area contributed by atoms with E-state index in [1.807, 2.05) is 0 Å². The first-order chi connectivity index (χ1) is 7.75. The highest BCUT2D eigenvalue weighted by atomic mass is 35.5. The van der Waals surface area contributed by atoms with Crippen molar-refractivity contribution in [2.45, 2.75) is 38.2 Å². The molecule has 0 fully saturated rings. The fourth-order valence-corrected chi connectivity index (χ4v) is 1.85. The van der Waals surface area contributed by atoms with E-state index in [1.165, 1.54) is 4.57 Å². The van der Waals surface area contributed by atoms with E-state index in [2.05, 4.69) is 15.5 Å². The Balaban J connectivity index is 0.00000162. The lowest BCUT2D eigenvalue weighted by Crippen LogP contribution is -2.44. The van der Waals surface area contributed by atoms with Gasteiger partial charge in [0.1, 0.15) is 5.82 Å². The van der Waals surface area contributed by atoms with Gasteiger partial charge in [0.25, 0.3) is 0 Å². The maximum Gasteiger partial charge on any atom is 0.424 e. The van der Waals surface area contributed by atoms with E-state index in [0.29, 0.717) is 25.8 Å². The maximum atomic E-state index is 12.7. The highest BCUT2D eigenvalue weighted by Gasteiger charge is 2.55. The van der Waals surface area contributed by atoms with Gasteiger partial charge in [-0.1, -0.05) is 0 Å². The molecule has 0 aliphatic carbocycles. The van der Waals surface area contributed by atoms with Gasteiger partial charge in [-0.25, -0.2) is 0 Å². The van der Waals surface area contributed by atoms with Crippen LogP contribution in [0.2, 0.25) is 0 Å². The predicted molar refractivity (Wildman–Crippen MR) is 66.6 cm³/mol. The lowest BCUT2D eigenvalue weighted by Gasteiger charge is -2.30. The van der Waals surface area contributed by atoms with Gasteiger partial charge < -0.3 is 15.0 Å². The van der Waals surface area contributed by atoms with Gasteiger partial charge in [-0.15, -0.1) is 35.0 Å². The van der Waals surface area contributed by atoms with Crippen LogP contribution < -0.4 is 5.32 Å². The fraction of sp³-hybridized carbons (Fsp3) is 0.778. The zero-order valence-corrected chi connectivity index (χ0v) is 11.9. The van der Waals surface area contributed by atoms with Crippen molar-refractivity contribution in [2.24, 2.45) is 0 Å². The van der Waals surface area contributed by atoms with E-state index in [4.69, 9.17) is 0 Å². The smallest absolute Gasteiger partial charge is 0.374 e. The summed E-state index contributed by atoms with van der Waals surface area (Å²) in [6.45, 7) is 3.31. The first kappa shape index (κ1) is 18.4. The number of aromatic nitrogens is 3. The van der Waals surface area contributed by atoms with Gasteiger partial charge in [0.2, 0.25) is 5.60 Å². The van der Waals surface area contributed by atoms with Crippen LogP contribution in [-0.2, 0) is 12.1 Å². The molecule has 1 aromatic rings. The van der Waals surface area contributed by atoms with Gasteiger partial charge in [0.15, 0.2) is 5.82 Å². The molecule has 5 nitrogen and oxygen atoms in total. The van der Waals surface area contributed by atoms with Crippen LogP contribution in [0.3, 0.4) is 0 Å². The third kappa shape index (κ3) is 2.96. The monoisotopic (exact) mass is 322 g/mol. The Kier molecular flexibility index (Phi) is 5.65. The van der Waals surface area contributed by atoms with E-state index in [0.717, 1.165) is 0 Å². The Morgan fingerprint density at radius 1 is 1.32 bits per heavy atom. The molecule has 0 saturated carbocycles. The van der Waals surface area contributed by atoms with Crippen molar-refractivity contribution in [3.05, 3.63) is 11.6 Å². The lowest BCUT2D eigenvalue weighted by molar-refractivity contribution is -0.263. The van der Waals surface area contributed by atoms with Gasteiger partial charge in [-0.3, -0.25) is 0 Å². The predicted octanol–water partition coefficient (Wildman–Crippen LogP) is 1.56. The van der Waals surface area contributed by atoms with Crippen molar-refractivity contribution in [1.29, 1.82) is 0 Å². The quantitative estimate of drug-likeness (QED) is 0.823. The Morgan fingerprint density at radius 2 is 1.89 bits per heavy atom. The average Bonchev–Trinajstić information content (AvgIpc) is 2.61. The molecule has 2 unspecified atom stereocenters. The number of halogens is 5. The van der Waals surface area contributed by atoms with Crippen LogP contribution in [0.4, 0.5) is 13.2 Å². The second-order valence-corrected chi connectivity index (χ2v) is 4.36. The maximum absolute atomic E-state index is 12.7. The fourth-order valence-electron chi connectivity index (χ4n) is 1.85. The number of hydrogen-bond donors (Lipinski definition) is 2.